The van der Waals surface area contributed by atoms with Gasteiger partial charge in [0.05, 0.1) is 17.3 Å². The van der Waals surface area contributed by atoms with Gasteiger partial charge in [-0.2, -0.15) is 10.2 Å². The molecule has 0 spiro atoms. The molecule has 0 aliphatic rings. The zero-order valence-electron chi connectivity index (χ0n) is 15.3. The molecule has 0 saturated carbocycles. The van der Waals surface area contributed by atoms with E-state index in [4.69, 9.17) is 11.0 Å². The molecular formula is C20H21N7. The maximum Gasteiger partial charge on any atom is 0.222 e. The van der Waals surface area contributed by atoms with Gasteiger partial charge in [-0.1, -0.05) is 17.2 Å². The van der Waals surface area contributed by atoms with Gasteiger partial charge >= 0.3 is 0 Å². The molecule has 0 amide bonds. The van der Waals surface area contributed by atoms with Gasteiger partial charge in [0.1, 0.15) is 11.6 Å². The molecule has 27 heavy (non-hydrogen) atoms. The second kappa shape index (κ2) is 8.15. The highest BCUT2D eigenvalue weighted by Gasteiger charge is 2.06. The molecule has 0 bridgehead atoms. The van der Waals surface area contributed by atoms with E-state index in [9.17, 15) is 0 Å². The number of nitrogen functional groups attached to an aromatic ring is 1. The highest BCUT2D eigenvalue weighted by molar-refractivity contribution is 5.65. The van der Waals surface area contributed by atoms with Gasteiger partial charge in [-0.15, -0.1) is 0 Å². The third kappa shape index (κ3) is 4.92. The van der Waals surface area contributed by atoms with Crippen molar-refractivity contribution in [3.8, 4) is 17.3 Å². The Morgan fingerprint density at radius 2 is 1.67 bits per heavy atom. The molecule has 0 aliphatic heterocycles. The average molecular weight is 359 g/mol. The maximum absolute atomic E-state index is 8.92. The van der Waals surface area contributed by atoms with Gasteiger partial charge in [0.15, 0.2) is 0 Å². The quantitative estimate of drug-likeness (QED) is 0.580. The largest absolute Gasteiger partial charge is 0.368 e. The lowest BCUT2D eigenvalue weighted by atomic mass is 10.0. The van der Waals surface area contributed by atoms with Crippen molar-refractivity contribution in [3.05, 3.63) is 59.3 Å². The van der Waals surface area contributed by atoms with Crippen LogP contribution in [0.1, 0.15) is 16.7 Å². The van der Waals surface area contributed by atoms with Crippen LogP contribution < -0.4 is 16.4 Å². The monoisotopic (exact) mass is 359 g/mol. The first-order valence-electron chi connectivity index (χ1n) is 8.60. The van der Waals surface area contributed by atoms with Gasteiger partial charge in [0.2, 0.25) is 5.95 Å². The summed E-state index contributed by atoms with van der Waals surface area (Å²) in [6.07, 6.45) is 1.61. The molecule has 3 aromatic rings. The zero-order chi connectivity index (χ0) is 19.2. The van der Waals surface area contributed by atoms with E-state index in [2.05, 4.69) is 63.7 Å². The molecule has 7 heteroatoms. The lowest BCUT2D eigenvalue weighted by Crippen LogP contribution is -2.15. The summed E-state index contributed by atoms with van der Waals surface area (Å²) in [6.45, 7) is 5.34. The summed E-state index contributed by atoms with van der Waals surface area (Å²) in [7, 11) is 0. The Morgan fingerprint density at radius 1 is 0.963 bits per heavy atom. The first-order chi connectivity index (χ1) is 13.0. The molecule has 0 radical (unpaired) electrons. The van der Waals surface area contributed by atoms with Crippen molar-refractivity contribution < 1.29 is 0 Å². The number of aryl methyl sites for hydroxylation is 2. The predicted octanol–water partition coefficient (Wildman–Crippen LogP) is 3.13. The Kier molecular flexibility index (Phi) is 5.47. The molecule has 1 aromatic carbocycles. The molecule has 136 valence electrons. The van der Waals surface area contributed by atoms with Crippen molar-refractivity contribution >= 4 is 17.6 Å². The molecule has 4 N–H and O–H groups in total. The summed E-state index contributed by atoms with van der Waals surface area (Å²) >= 11 is 0. The molecular weight excluding hydrogens is 338 g/mol. The average Bonchev–Trinajstić information content (AvgIpc) is 2.64. The van der Waals surface area contributed by atoms with Gasteiger partial charge < -0.3 is 16.4 Å². The first kappa shape index (κ1) is 18.1. The highest BCUT2D eigenvalue weighted by Crippen LogP contribution is 2.23. The lowest BCUT2D eigenvalue weighted by Gasteiger charge is -2.10. The van der Waals surface area contributed by atoms with Crippen molar-refractivity contribution in [2.24, 2.45) is 0 Å². The fourth-order valence-corrected chi connectivity index (χ4v) is 2.80. The van der Waals surface area contributed by atoms with Crippen LogP contribution in [-0.4, -0.2) is 28.0 Å². The van der Waals surface area contributed by atoms with E-state index in [-0.39, 0.29) is 5.95 Å². The Hall–Kier alpha value is -3.66. The van der Waals surface area contributed by atoms with Crippen LogP contribution in [0.3, 0.4) is 0 Å². The van der Waals surface area contributed by atoms with Crippen LogP contribution in [0.25, 0.3) is 11.3 Å². The topological polar surface area (TPSA) is 113 Å². The molecule has 0 atom stereocenters. The van der Waals surface area contributed by atoms with Crippen LogP contribution in [-0.2, 0) is 0 Å². The first-order valence-corrected chi connectivity index (χ1v) is 8.60. The van der Waals surface area contributed by atoms with E-state index in [0.29, 0.717) is 30.3 Å². The molecule has 2 aromatic heterocycles. The summed E-state index contributed by atoms with van der Waals surface area (Å²) in [5, 5.41) is 15.3. The Bertz CT molecular complexity index is 972. The van der Waals surface area contributed by atoms with Crippen LogP contribution in [0.5, 0.6) is 0 Å². The minimum atomic E-state index is 0.227. The summed E-state index contributed by atoms with van der Waals surface area (Å²) < 4.78 is 0. The van der Waals surface area contributed by atoms with Gasteiger partial charge in [0.25, 0.3) is 0 Å². The Balaban J connectivity index is 1.65. The zero-order valence-corrected chi connectivity index (χ0v) is 15.3. The SMILES string of the molecule is Cc1cc(C)cc(-c2cc(NCCNc3cc(C#N)ccn3)nc(N)n2)c1. The summed E-state index contributed by atoms with van der Waals surface area (Å²) in [5.74, 6) is 1.55. The molecule has 3 rings (SSSR count). The summed E-state index contributed by atoms with van der Waals surface area (Å²) in [5.41, 5.74) is 10.6. The van der Waals surface area contributed by atoms with Gasteiger partial charge in [-0.25, -0.2) is 9.97 Å². The van der Waals surface area contributed by atoms with Crippen LogP contribution in [0.2, 0.25) is 0 Å². The van der Waals surface area contributed by atoms with Crippen molar-refractivity contribution in [3.63, 3.8) is 0 Å². The van der Waals surface area contributed by atoms with Gasteiger partial charge in [-0.05, 0) is 38.1 Å². The third-order valence-electron chi connectivity index (χ3n) is 3.89. The van der Waals surface area contributed by atoms with Crippen LogP contribution in [0.15, 0.2) is 42.6 Å². The molecule has 0 aliphatic carbocycles. The van der Waals surface area contributed by atoms with Crippen molar-refractivity contribution in [2.45, 2.75) is 13.8 Å². The molecule has 7 nitrogen and oxygen atoms in total. The van der Waals surface area contributed by atoms with Crippen LogP contribution >= 0.6 is 0 Å². The summed E-state index contributed by atoms with van der Waals surface area (Å²) in [4.78, 5) is 12.8. The minimum Gasteiger partial charge on any atom is -0.368 e. The summed E-state index contributed by atoms with van der Waals surface area (Å²) in [6, 6.07) is 13.6. The number of rotatable bonds is 6. The van der Waals surface area contributed by atoms with E-state index >= 15 is 0 Å². The maximum atomic E-state index is 8.92. The molecule has 2 heterocycles. The fourth-order valence-electron chi connectivity index (χ4n) is 2.80. The van der Waals surface area contributed by atoms with Gasteiger partial charge in [0, 0.05) is 30.9 Å². The number of anilines is 3. The standard InChI is InChI=1S/C20H21N7/c1-13-7-14(2)9-16(8-13)17-11-19(27-20(22)26-17)25-6-5-24-18-10-15(12-21)3-4-23-18/h3-4,7-11H,5-6H2,1-2H3,(H,23,24)(H3,22,25,26,27). The number of nitrogens with zero attached hydrogens (tertiary/aromatic N) is 4. The second-order valence-electron chi connectivity index (χ2n) is 6.27. The van der Waals surface area contributed by atoms with E-state index in [1.807, 2.05) is 6.07 Å². The predicted molar refractivity (Wildman–Crippen MR) is 107 cm³/mol. The number of benzene rings is 1. The minimum absolute atomic E-state index is 0.227. The molecule has 0 unspecified atom stereocenters. The van der Waals surface area contributed by atoms with E-state index in [1.165, 1.54) is 11.1 Å². The lowest BCUT2D eigenvalue weighted by molar-refractivity contribution is 1.04. The van der Waals surface area contributed by atoms with Crippen molar-refractivity contribution in [2.75, 3.05) is 29.5 Å². The van der Waals surface area contributed by atoms with E-state index in [0.717, 1.165) is 11.3 Å². The Labute approximate surface area is 158 Å². The highest BCUT2D eigenvalue weighted by atomic mass is 15.1. The number of nitrogens with two attached hydrogens (primary N) is 1. The van der Waals surface area contributed by atoms with E-state index < -0.39 is 0 Å². The van der Waals surface area contributed by atoms with Crippen LogP contribution in [0, 0.1) is 25.2 Å². The number of hydrogen-bond donors (Lipinski definition) is 3. The van der Waals surface area contributed by atoms with E-state index in [1.54, 1.807) is 18.3 Å². The number of nitriles is 1. The Morgan fingerprint density at radius 3 is 2.37 bits per heavy atom. The van der Waals surface area contributed by atoms with Crippen molar-refractivity contribution in [1.29, 1.82) is 5.26 Å². The second-order valence-corrected chi connectivity index (χ2v) is 6.27. The number of pyridine rings is 1. The smallest absolute Gasteiger partial charge is 0.222 e. The molecule has 0 fully saturated rings. The number of nitrogens with one attached hydrogen (secondary N) is 2. The number of aromatic nitrogens is 3. The van der Waals surface area contributed by atoms with Crippen molar-refractivity contribution in [1.82, 2.24) is 15.0 Å². The van der Waals surface area contributed by atoms with Crippen LogP contribution in [0.4, 0.5) is 17.6 Å². The third-order valence-corrected chi connectivity index (χ3v) is 3.89. The number of hydrogen-bond acceptors (Lipinski definition) is 7. The fraction of sp³-hybridized carbons (Fsp3) is 0.200. The molecule has 0 saturated heterocycles. The van der Waals surface area contributed by atoms with Gasteiger partial charge in [-0.3, -0.25) is 0 Å². The normalized spacial score (nSPS) is 10.3.